The molecule has 0 spiro atoms. The predicted octanol–water partition coefficient (Wildman–Crippen LogP) is 2.95. The Hall–Kier alpha value is -3.07. The van der Waals surface area contributed by atoms with Crippen LogP contribution in [0.3, 0.4) is 0 Å². The summed E-state index contributed by atoms with van der Waals surface area (Å²) in [5, 5.41) is 25.1. The van der Waals surface area contributed by atoms with Gasteiger partial charge in [0.1, 0.15) is 23.4 Å². The minimum atomic E-state index is -1.34. The van der Waals surface area contributed by atoms with Crippen molar-refractivity contribution in [1.82, 2.24) is 15.5 Å². The number of aliphatic hydroxyl groups is 1. The SMILES string of the molecule is C=CCN(C(=O)C(CO)NC(=O)OC(C)(C)C)C(C(=O)NC(C)CCC)c1ccc(O)c(C)c1. The van der Waals surface area contributed by atoms with E-state index in [-0.39, 0.29) is 18.3 Å². The second-order valence-electron chi connectivity index (χ2n) is 9.31. The van der Waals surface area contributed by atoms with Crippen molar-refractivity contribution < 1.29 is 29.3 Å². The van der Waals surface area contributed by atoms with Crippen LogP contribution in [0.4, 0.5) is 4.79 Å². The number of benzene rings is 1. The van der Waals surface area contributed by atoms with Gasteiger partial charge >= 0.3 is 6.09 Å². The van der Waals surface area contributed by atoms with Gasteiger partial charge in [-0.3, -0.25) is 9.59 Å². The molecule has 1 aromatic rings. The molecule has 3 amide bonds. The van der Waals surface area contributed by atoms with E-state index in [1.807, 2.05) is 13.8 Å². The van der Waals surface area contributed by atoms with Gasteiger partial charge in [-0.05, 0) is 64.3 Å². The number of hydrogen-bond donors (Lipinski definition) is 4. The Balaban J connectivity index is 3.39. The number of aromatic hydroxyl groups is 1. The average molecular weight is 478 g/mol. The Morgan fingerprint density at radius 1 is 1.24 bits per heavy atom. The molecule has 0 radical (unpaired) electrons. The number of carbonyl (C=O) groups excluding carboxylic acids is 3. The number of hydrogen-bond acceptors (Lipinski definition) is 6. The molecule has 0 saturated carbocycles. The van der Waals surface area contributed by atoms with Gasteiger partial charge in [0.2, 0.25) is 11.8 Å². The molecule has 9 nitrogen and oxygen atoms in total. The Morgan fingerprint density at radius 3 is 2.38 bits per heavy atom. The summed E-state index contributed by atoms with van der Waals surface area (Å²) in [6.07, 6.45) is 2.22. The third-order valence-electron chi connectivity index (χ3n) is 4.99. The van der Waals surface area contributed by atoms with Crippen LogP contribution in [-0.2, 0) is 14.3 Å². The smallest absolute Gasteiger partial charge is 0.408 e. The highest BCUT2D eigenvalue weighted by Crippen LogP contribution is 2.27. The lowest BCUT2D eigenvalue weighted by Gasteiger charge is -2.34. The average Bonchev–Trinajstić information content (AvgIpc) is 2.72. The topological polar surface area (TPSA) is 128 Å². The van der Waals surface area contributed by atoms with E-state index in [0.29, 0.717) is 11.1 Å². The van der Waals surface area contributed by atoms with Gasteiger partial charge in [0.15, 0.2) is 0 Å². The van der Waals surface area contributed by atoms with E-state index >= 15 is 0 Å². The van der Waals surface area contributed by atoms with E-state index in [1.165, 1.54) is 17.0 Å². The van der Waals surface area contributed by atoms with E-state index in [1.54, 1.807) is 39.8 Å². The van der Waals surface area contributed by atoms with Gasteiger partial charge in [-0.15, -0.1) is 6.58 Å². The molecule has 9 heteroatoms. The Bertz CT molecular complexity index is 865. The lowest BCUT2D eigenvalue weighted by molar-refractivity contribution is -0.142. The molecule has 1 aromatic carbocycles. The van der Waals surface area contributed by atoms with Crippen LogP contribution in [0.15, 0.2) is 30.9 Å². The second-order valence-corrected chi connectivity index (χ2v) is 9.31. The molecule has 0 aromatic heterocycles. The molecule has 0 fully saturated rings. The van der Waals surface area contributed by atoms with Crippen LogP contribution in [0.1, 0.15) is 64.6 Å². The lowest BCUT2D eigenvalue weighted by atomic mass is 9.99. The summed E-state index contributed by atoms with van der Waals surface area (Å²) in [4.78, 5) is 40.3. The Labute approximate surface area is 202 Å². The fourth-order valence-electron chi connectivity index (χ4n) is 3.45. The van der Waals surface area contributed by atoms with Gasteiger partial charge in [-0.2, -0.15) is 0 Å². The van der Waals surface area contributed by atoms with Crippen LogP contribution >= 0.6 is 0 Å². The van der Waals surface area contributed by atoms with Gasteiger partial charge in [0.05, 0.1) is 6.61 Å². The van der Waals surface area contributed by atoms with E-state index in [0.717, 1.165) is 12.8 Å². The zero-order chi connectivity index (χ0) is 26.1. The van der Waals surface area contributed by atoms with E-state index in [4.69, 9.17) is 4.74 Å². The monoisotopic (exact) mass is 477 g/mol. The molecular weight excluding hydrogens is 438 g/mol. The summed E-state index contributed by atoms with van der Waals surface area (Å²) < 4.78 is 5.20. The van der Waals surface area contributed by atoms with Gasteiger partial charge < -0.3 is 30.5 Å². The van der Waals surface area contributed by atoms with E-state index in [2.05, 4.69) is 17.2 Å². The number of aryl methyl sites for hydroxylation is 1. The van der Waals surface area contributed by atoms with Crippen LogP contribution in [0.2, 0.25) is 0 Å². The minimum absolute atomic E-state index is 0.0223. The van der Waals surface area contributed by atoms with E-state index in [9.17, 15) is 24.6 Å². The predicted molar refractivity (Wildman–Crippen MR) is 130 cm³/mol. The van der Waals surface area contributed by atoms with Crippen molar-refractivity contribution in [2.24, 2.45) is 0 Å². The van der Waals surface area contributed by atoms with Crippen molar-refractivity contribution in [1.29, 1.82) is 0 Å². The summed E-state index contributed by atoms with van der Waals surface area (Å²) in [5.74, 6) is -1.04. The van der Waals surface area contributed by atoms with Crippen molar-refractivity contribution in [3.05, 3.63) is 42.0 Å². The van der Waals surface area contributed by atoms with Crippen LogP contribution in [0, 0.1) is 6.92 Å². The van der Waals surface area contributed by atoms with Crippen molar-refractivity contribution in [2.75, 3.05) is 13.2 Å². The molecule has 0 aliphatic rings. The molecule has 0 saturated heterocycles. The number of aliphatic hydroxyl groups excluding tert-OH is 1. The van der Waals surface area contributed by atoms with Crippen molar-refractivity contribution in [3.63, 3.8) is 0 Å². The van der Waals surface area contributed by atoms with Crippen molar-refractivity contribution >= 4 is 17.9 Å². The fraction of sp³-hybridized carbons (Fsp3) is 0.560. The molecule has 3 atom stereocenters. The second kappa shape index (κ2) is 13.0. The Morgan fingerprint density at radius 2 is 1.88 bits per heavy atom. The first-order valence-corrected chi connectivity index (χ1v) is 11.5. The number of phenols is 1. The van der Waals surface area contributed by atoms with Gasteiger partial charge in [-0.25, -0.2) is 4.79 Å². The molecule has 34 heavy (non-hydrogen) atoms. The van der Waals surface area contributed by atoms with Gasteiger partial charge in [0.25, 0.3) is 0 Å². The molecule has 3 unspecified atom stereocenters. The highest BCUT2D eigenvalue weighted by molar-refractivity contribution is 5.92. The van der Waals surface area contributed by atoms with Gasteiger partial charge in [-0.1, -0.05) is 25.5 Å². The maximum Gasteiger partial charge on any atom is 0.408 e. The summed E-state index contributed by atoms with van der Waals surface area (Å²) in [6.45, 7) is 13.6. The number of amides is 3. The summed E-state index contributed by atoms with van der Waals surface area (Å²) in [5.41, 5.74) is 0.212. The first kappa shape index (κ1) is 29.0. The highest BCUT2D eigenvalue weighted by Gasteiger charge is 2.36. The number of nitrogens with zero attached hydrogens (tertiary/aromatic N) is 1. The molecule has 1 rings (SSSR count). The standard InChI is InChI=1S/C25H39N3O6/c1-8-10-17(4)26-22(31)21(18-11-12-20(30)16(3)14-18)28(13-9-2)23(32)19(15-29)27-24(33)34-25(5,6)7/h9,11-12,14,17,19,21,29-30H,2,8,10,13,15H2,1,3-7H3,(H,26,31)(H,27,33). The first-order chi connectivity index (χ1) is 15.8. The largest absolute Gasteiger partial charge is 0.508 e. The maximum atomic E-state index is 13.5. The normalized spacial score (nSPS) is 13.9. The highest BCUT2D eigenvalue weighted by atomic mass is 16.6. The number of carbonyl (C=O) groups is 3. The lowest BCUT2D eigenvalue weighted by Crippen LogP contribution is -2.54. The van der Waals surface area contributed by atoms with Crippen LogP contribution < -0.4 is 10.6 Å². The number of phenolic OH excluding ortho intramolecular Hbond substituents is 1. The Kier molecular flexibility index (Phi) is 11.1. The van der Waals surface area contributed by atoms with Crippen molar-refractivity contribution in [3.8, 4) is 5.75 Å². The first-order valence-electron chi connectivity index (χ1n) is 11.5. The van der Waals surface area contributed by atoms with Gasteiger partial charge in [0, 0.05) is 12.6 Å². The summed E-state index contributed by atoms with van der Waals surface area (Å²) in [7, 11) is 0. The van der Waals surface area contributed by atoms with Crippen molar-refractivity contribution in [2.45, 2.75) is 78.1 Å². The van der Waals surface area contributed by atoms with Crippen LogP contribution in [-0.4, -0.2) is 63.9 Å². The van der Waals surface area contributed by atoms with E-state index < -0.39 is 42.2 Å². The minimum Gasteiger partial charge on any atom is -0.508 e. The number of rotatable bonds is 11. The number of ether oxygens (including phenoxy) is 1. The zero-order valence-electron chi connectivity index (χ0n) is 21.1. The van der Waals surface area contributed by atoms with Crippen LogP contribution in [0.5, 0.6) is 5.75 Å². The van der Waals surface area contributed by atoms with Crippen LogP contribution in [0.25, 0.3) is 0 Å². The third kappa shape index (κ3) is 8.70. The summed E-state index contributed by atoms with van der Waals surface area (Å²) >= 11 is 0. The maximum absolute atomic E-state index is 13.5. The molecule has 0 bridgehead atoms. The number of nitrogens with one attached hydrogen (secondary N) is 2. The summed E-state index contributed by atoms with van der Waals surface area (Å²) in [6, 6.07) is 2.10. The zero-order valence-corrected chi connectivity index (χ0v) is 21.1. The molecule has 0 aliphatic heterocycles. The quantitative estimate of drug-likeness (QED) is 0.363. The molecular formula is C25H39N3O6. The number of alkyl carbamates (subject to hydrolysis) is 1. The third-order valence-corrected chi connectivity index (χ3v) is 4.99. The molecule has 4 N–H and O–H groups in total. The molecule has 190 valence electrons. The fourth-order valence-corrected chi connectivity index (χ4v) is 3.45. The molecule has 0 aliphatic carbocycles. The molecule has 0 heterocycles.